The van der Waals surface area contributed by atoms with Crippen LogP contribution in [0.4, 0.5) is 4.39 Å². The van der Waals surface area contributed by atoms with E-state index in [0.717, 1.165) is 17.8 Å². The van der Waals surface area contributed by atoms with E-state index in [4.69, 9.17) is 0 Å². The predicted molar refractivity (Wildman–Crippen MR) is 67.3 cm³/mol. The van der Waals surface area contributed by atoms with Gasteiger partial charge in [0.05, 0.1) is 17.6 Å². The highest BCUT2D eigenvalue weighted by Gasteiger charge is 2.10. The Kier molecular flexibility index (Phi) is 4.04. The highest BCUT2D eigenvalue weighted by molar-refractivity contribution is 5.10. The van der Waals surface area contributed by atoms with E-state index in [1.54, 1.807) is 10.7 Å². The van der Waals surface area contributed by atoms with E-state index in [9.17, 15) is 4.39 Å². The summed E-state index contributed by atoms with van der Waals surface area (Å²) in [6.45, 7) is 2.75. The summed E-state index contributed by atoms with van der Waals surface area (Å²) in [5.74, 6) is -0.307. The highest BCUT2D eigenvalue weighted by Crippen LogP contribution is 2.14. The summed E-state index contributed by atoms with van der Waals surface area (Å²) >= 11 is 0. The molecule has 2 aromatic rings. The molecule has 2 rings (SSSR count). The van der Waals surface area contributed by atoms with Crippen LogP contribution < -0.4 is 5.32 Å². The number of nitrogens with zero attached hydrogens (tertiary/aromatic N) is 3. The number of hydrogen-bond donors (Lipinski definition) is 1. The van der Waals surface area contributed by atoms with Crippen molar-refractivity contribution in [1.82, 2.24) is 20.1 Å². The molecule has 0 radical (unpaired) electrons. The van der Waals surface area contributed by atoms with Crippen LogP contribution in [-0.2, 0) is 13.6 Å². The molecule has 4 nitrogen and oxygen atoms in total. The van der Waals surface area contributed by atoms with Gasteiger partial charge in [-0.1, -0.05) is 6.92 Å². The molecule has 0 amide bonds. The van der Waals surface area contributed by atoms with E-state index in [1.807, 2.05) is 19.3 Å². The summed E-state index contributed by atoms with van der Waals surface area (Å²) in [7, 11) is 1.89. The molecule has 1 unspecified atom stereocenters. The zero-order valence-corrected chi connectivity index (χ0v) is 10.6. The molecule has 0 saturated heterocycles. The maximum Gasteiger partial charge on any atom is 0.141 e. The second-order valence-electron chi connectivity index (χ2n) is 4.22. The average Bonchev–Trinajstić information content (AvgIpc) is 2.78. The molecule has 2 aromatic heterocycles. The lowest BCUT2D eigenvalue weighted by molar-refractivity contribution is 0.497. The number of nitrogens with one attached hydrogen (secondary N) is 1. The smallest absolute Gasteiger partial charge is 0.141 e. The van der Waals surface area contributed by atoms with Gasteiger partial charge in [-0.25, -0.2) is 4.39 Å². The number of aromatic nitrogens is 3. The monoisotopic (exact) mass is 248 g/mol. The Bertz CT molecular complexity index is 492. The van der Waals surface area contributed by atoms with Crippen LogP contribution in [0.1, 0.15) is 30.8 Å². The summed E-state index contributed by atoms with van der Waals surface area (Å²) in [4.78, 5) is 4.10. The fourth-order valence-electron chi connectivity index (χ4n) is 1.84. The van der Waals surface area contributed by atoms with Crippen molar-refractivity contribution in [3.63, 3.8) is 0 Å². The third-order valence-electron chi connectivity index (χ3n) is 2.81. The standard InChI is InChI=1S/C13H17FN4/c1-3-12(13-5-4-10(14)8-15-13)16-9-11-6-7-18(2)17-11/h4-8,12,16H,3,9H2,1-2H3. The van der Waals surface area contributed by atoms with Crippen molar-refractivity contribution >= 4 is 0 Å². The summed E-state index contributed by atoms with van der Waals surface area (Å²) in [6.07, 6.45) is 4.06. The molecule has 1 N–H and O–H groups in total. The molecule has 0 fully saturated rings. The van der Waals surface area contributed by atoms with Gasteiger partial charge in [-0.05, 0) is 24.6 Å². The van der Waals surface area contributed by atoms with Crippen molar-refractivity contribution in [3.8, 4) is 0 Å². The van der Waals surface area contributed by atoms with Gasteiger partial charge in [0.1, 0.15) is 5.82 Å². The first-order valence-corrected chi connectivity index (χ1v) is 6.02. The average molecular weight is 248 g/mol. The summed E-state index contributed by atoms with van der Waals surface area (Å²) in [5, 5.41) is 7.67. The normalized spacial score (nSPS) is 12.6. The van der Waals surface area contributed by atoms with Gasteiger partial charge in [-0.3, -0.25) is 9.67 Å². The first kappa shape index (κ1) is 12.7. The molecule has 18 heavy (non-hydrogen) atoms. The van der Waals surface area contributed by atoms with Crippen LogP contribution in [0.5, 0.6) is 0 Å². The fraction of sp³-hybridized carbons (Fsp3) is 0.385. The van der Waals surface area contributed by atoms with Crippen LogP contribution in [0, 0.1) is 5.82 Å². The number of rotatable bonds is 5. The van der Waals surface area contributed by atoms with Crippen molar-refractivity contribution in [2.75, 3.05) is 0 Å². The van der Waals surface area contributed by atoms with Crippen molar-refractivity contribution in [2.24, 2.45) is 7.05 Å². The highest BCUT2D eigenvalue weighted by atomic mass is 19.1. The molecule has 0 aliphatic carbocycles. The Morgan fingerprint density at radius 2 is 2.22 bits per heavy atom. The van der Waals surface area contributed by atoms with Crippen LogP contribution in [0.2, 0.25) is 0 Å². The molecule has 0 bridgehead atoms. The van der Waals surface area contributed by atoms with Gasteiger partial charge in [0.15, 0.2) is 0 Å². The molecular weight excluding hydrogens is 231 g/mol. The van der Waals surface area contributed by atoms with Gasteiger partial charge in [0, 0.05) is 25.8 Å². The third kappa shape index (κ3) is 3.13. The zero-order chi connectivity index (χ0) is 13.0. The second-order valence-corrected chi connectivity index (χ2v) is 4.22. The second kappa shape index (κ2) is 5.73. The maximum atomic E-state index is 12.8. The van der Waals surface area contributed by atoms with Crippen molar-refractivity contribution < 1.29 is 4.39 Å². The molecule has 2 heterocycles. The summed E-state index contributed by atoms with van der Waals surface area (Å²) < 4.78 is 14.6. The molecule has 1 atom stereocenters. The van der Waals surface area contributed by atoms with E-state index in [2.05, 4.69) is 22.3 Å². The molecule has 96 valence electrons. The van der Waals surface area contributed by atoms with Crippen LogP contribution in [0.3, 0.4) is 0 Å². The predicted octanol–water partition coefficient (Wildman–Crippen LogP) is 2.20. The molecule has 0 aliphatic rings. The van der Waals surface area contributed by atoms with Gasteiger partial charge >= 0.3 is 0 Å². The Morgan fingerprint density at radius 3 is 2.78 bits per heavy atom. The van der Waals surface area contributed by atoms with E-state index < -0.39 is 0 Å². The largest absolute Gasteiger partial charge is 0.303 e. The lowest BCUT2D eigenvalue weighted by atomic mass is 10.1. The number of aryl methyl sites for hydroxylation is 1. The van der Waals surface area contributed by atoms with Crippen LogP contribution in [0.15, 0.2) is 30.6 Å². The molecular formula is C13H17FN4. The Morgan fingerprint density at radius 1 is 1.39 bits per heavy atom. The first-order chi connectivity index (χ1) is 8.69. The van der Waals surface area contributed by atoms with Crippen LogP contribution in [0.25, 0.3) is 0 Å². The minimum Gasteiger partial charge on any atom is -0.303 e. The van der Waals surface area contributed by atoms with E-state index in [0.29, 0.717) is 6.54 Å². The van der Waals surface area contributed by atoms with Gasteiger partial charge in [-0.15, -0.1) is 0 Å². The quantitative estimate of drug-likeness (QED) is 0.882. The number of hydrogen-bond acceptors (Lipinski definition) is 3. The van der Waals surface area contributed by atoms with Gasteiger partial charge in [0.2, 0.25) is 0 Å². The van der Waals surface area contributed by atoms with Gasteiger partial charge in [-0.2, -0.15) is 5.10 Å². The van der Waals surface area contributed by atoms with E-state index in [1.165, 1.54) is 12.3 Å². The molecule has 0 saturated carbocycles. The molecule has 0 aliphatic heterocycles. The molecule has 0 spiro atoms. The lowest BCUT2D eigenvalue weighted by Crippen LogP contribution is -2.21. The van der Waals surface area contributed by atoms with E-state index in [-0.39, 0.29) is 11.9 Å². The lowest BCUT2D eigenvalue weighted by Gasteiger charge is -2.15. The van der Waals surface area contributed by atoms with Crippen molar-refractivity contribution in [2.45, 2.75) is 25.9 Å². The SMILES string of the molecule is CCC(NCc1ccn(C)n1)c1ccc(F)cn1. The van der Waals surface area contributed by atoms with Gasteiger partial charge < -0.3 is 5.32 Å². The van der Waals surface area contributed by atoms with Gasteiger partial charge in [0.25, 0.3) is 0 Å². The zero-order valence-electron chi connectivity index (χ0n) is 10.6. The van der Waals surface area contributed by atoms with Crippen LogP contribution >= 0.6 is 0 Å². The topological polar surface area (TPSA) is 42.7 Å². The molecule has 5 heteroatoms. The summed E-state index contributed by atoms with van der Waals surface area (Å²) in [5.41, 5.74) is 1.84. The fourth-order valence-corrected chi connectivity index (χ4v) is 1.84. The first-order valence-electron chi connectivity index (χ1n) is 6.02. The summed E-state index contributed by atoms with van der Waals surface area (Å²) in [6, 6.07) is 5.24. The number of halogens is 1. The maximum absolute atomic E-state index is 12.8. The molecule has 0 aromatic carbocycles. The van der Waals surface area contributed by atoms with Crippen molar-refractivity contribution in [3.05, 3.63) is 47.8 Å². The van der Waals surface area contributed by atoms with E-state index >= 15 is 0 Å². The minimum atomic E-state index is -0.307. The Labute approximate surface area is 106 Å². The Hall–Kier alpha value is -1.75. The van der Waals surface area contributed by atoms with Crippen molar-refractivity contribution in [1.29, 1.82) is 0 Å². The Balaban J connectivity index is 1.99. The van der Waals surface area contributed by atoms with Crippen LogP contribution in [-0.4, -0.2) is 14.8 Å². The minimum absolute atomic E-state index is 0.118. The third-order valence-corrected chi connectivity index (χ3v) is 2.81. The number of pyridine rings is 1.